The van der Waals surface area contributed by atoms with Crippen LogP contribution in [-0.2, 0) is 19.4 Å². The van der Waals surface area contributed by atoms with Crippen LogP contribution in [0.3, 0.4) is 0 Å². The van der Waals surface area contributed by atoms with E-state index in [0.717, 1.165) is 53.9 Å². The normalized spacial score (nSPS) is 14.7. The fraction of sp³-hybridized carbons (Fsp3) is 0.292. The van der Waals surface area contributed by atoms with E-state index in [-0.39, 0.29) is 11.9 Å². The average Bonchev–Trinajstić information content (AvgIpc) is 3.30. The van der Waals surface area contributed by atoms with Crippen LogP contribution >= 0.6 is 11.6 Å². The number of amides is 1. The summed E-state index contributed by atoms with van der Waals surface area (Å²) >= 11 is 6.29. The third-order valence-corrected chi connectivity index (χ3v) is 6.30. The maximum absolute atomic E-state index is 13.1. The molecule has 2 aromatic heterocycles. The summed E-state index contributed by atoms with van der Waals surface area (Å²) in [5.74, 6) is 1.60. The number of nitrogens with zero attached hydrogens (tertiary/aromatic N) is 3. The minimum Gasteiger partial charge on any atom is -0.361 e. The molecule has 0 fully saturated rings. The number of aromatic amines is 1. The van der Waals surface area contributed by atoms with Gasteiger partial charge in [-0.2, -0.15) is 0 Å². The van der Waals surface area contributed by atoms with Crippen molar-refractivity contribution in [1.29, 1.82) is 0 Å². The van der Waals surface area contributed by atoms with E-state index >= 15 is 0 Å². The Labute approximate surface area is 185 Å². The molecule has 0 saturated heterocycles. The van der Waals surface area contributed by atoms with E-state index < -0.39 is 0 Å². The molecular formula is C24H24ClN5O. The zero-order chi connectivity index (χ0) is 21.2. The molecule has 1 unspecified atom stereocenters. The van der Waals surface area contributed by atoms with Gasteiger partial charge in [-0.3, -0.25) is 4.79 Å². The molecule has 1 atom stereocenters. The SMILES string of the molecule is O=C(NC(Cc1c[nH]c2ccccc12)c1nnc2n1CCCCC2)c1ccccc1Cl. The summed E-state index contributed by atoms with van der Waals surface area (Å²) in [6.45, 7) is 0.879. The number of H-pyrrole nitrogens is 1. The van der Waals surface area contributed by atoms with E-state index in [9.17, 15) is 4.79 Å². The summed E-state index contributed by atoms with van der Waals surface area (Å²) in [7, 11) is 0. The molecule has 0 bridgehead atoms. The van der Waals surface area contributed by atoms with Crippen LogP contribution < -0.4 is 5.32 Å². The Balaban J connectivity index is 1.52. The smallest absolute Gasteiger partial charge is 0.253 e. The largest absolute Gasteiger partial charge is 0.361 e. The molecule has 7 heteroatoms. The number of halogens is 1. The first-order valence-corrected chi connectivity index (χ1v) is 11.1. The highest BCUT2D eigenvalue weighted by Crippen LogP contribution is 2.27. The van der Waals surface area contributed by atoms with Crippen molar-refractivity contribution in [2.75, 3.05) is 0 Å². The maximum Gasteiger partial charge on any atom is 0.253 e. The van der Waals surface area contributed by atoms with Crippen molar-refractivity contribution in [3.05, 3.63) is 82.5 Å². The Morgan fingerprint density at radius 3 is 2.84 bits per heavy atom. The predicted octanol–water partition coefficient (Wildman–Crippen LogP) is 4.85. The van der Waals surface area contributed by atoms with Gasteiger partial charge in [0.25, 0.3) is 5.91 Å². The van der Waals surface area contributed by atoms with Crippen LogP contribution in [0.2, 0.25) is 5.02 Å². The summed E-state index contributed by atoms with van der Waals surface area (Å²) in [5.41, 5.74) is 2.67. The van der Waals surface area contributed by atoms with Gasteiger partial charge in [0, 0.05) is 36.5 Å². The van der Waals surface area contributed by atoms with E-state index in [1.165, 1.54) is 6.42 Å². The number of nitrogens with one attached hydrogen (secondary N) is 2. The standard InChI is InChI=1S/C24H24ClN5O/c25-19-10-5-3-9-18(19)24(31)27-21(14-16-15-26-20-11-6-4-8-17(16)20)23-29-28-22-12-2-1-7-13-30(22)23/h3-6,8-11,15,21,26H,1-2,7,12-14H2,(H,27,31). The number of hydrogen-bond acceptors (Lipinski definition) is 3. The monoisotopic (exact) mass is 433 g/mol. The average molecular weight is 434 g/mol. The van der Waals surface area contributed by atoms with Gasteiger partial charge >= 0.3 is 0 Å². The van der Waals surface area contributed by atoms with Crippen LogP contribution in [0.15, 0.2) is 54.7 Å². The molecule has 0 radical (unpaired) electrons. The first-order valence-electron chi connectivity index (χ1n) is 10.7. The number of rotatable bonds is 5. The Bertz CT molecular complexity index is 1230. The van der Waals surface area contributed by atoms with E-state index in [0.29, 0.717) is 17.0 Å². The number of carbonyl (C=O) groups excluding carboxylic acids is 1. The molecule has 31 heavy (non-hydrogen) atoms. The van der Waals surface area contributed by atoms with Gasteiger partial charge < -0.3 is 14.9 Å². The van der Waals surface area contributed by atoms with Crippen LogP contribution in [0.4, 0.5) is 0 Å². The van der Waals surface area contributed by atoms with Gasteiger partial charge in [0.1, 0.15) is 5.82 Å². The van der Waals surface area contributed by atoms with Crippen LogP contribution in [0, 0.1) is 0 Å². The lowest BCUT2D eigenvalue weighted by Crippen LogP contribution is -2.32. The Kier molecular flexibility index (Phi) is 5.47. The molecular weight excluding hydrogens is 410 g/mol. The molecule has 4 aromatic rings. The second-order valence-electron chi connectivity index (χ2n) is 8.01. The lowest BCUT2D eigenvalue weighted by molar-refractivity contribution is 0.0934. The molecule has 1 aliphatic rings. The number of aromatic nitrogens is 4. The number of fused-ring (bicyclic) bond motifs is 2. The highest BCUT2D eigenvalue weighted by molar-refractivity contribution is 6.33. The minimum absolute atomic E-state index is 0.207. The van der Waals surface area contributed by atoms with Crippen LogP contribution in [0.1, 0.15) is 52.9 Å². The number of aryl methyl sites for hydroxylation is 1. The highest BCUT2D eigenvalue weighted by Gasteiger charge is 2.26. The second kappa shape index (κ2) is 8.55. The zero-order valence-electron chi connectivity index (χ0n) is 17.1. The lowest BCUT2D eigenvalue weighted by Gasteiger charge is -2.20. The first kappa shape index (κ1) is 19.8. The molecule has 2 N–H and O–H groups in total. The van der Waals surface area contributed by atoms with Crippen molar-refractivity contribution >= 4 is 28.4 Å². The van der Waals surface area contributed by atoms with Gasteiger partial charge in [0.15, 0.2) is 5.82 Å². The number of hydrogen-bond donors (Lipinski definition) is 2. The lowest BCUT2D eigenvalue weighted by atomic mass is 10.0. The molecule has 158 valence electrons. The topological polar surface area (TPSA) is 75.6 Å². The number of para-hydroxylation sites is 1. The van der Waals surface area contributed by atoms with Crippen LogP contribution in [-0.4, -0.2) is 25.7 Å². The number of benzene rings is 2. The molecule has 3 heterocycles. The highest BCUT2D eigenvalue weighted by atomic mass is 35.5. The summed E-state index contributed by atoms with van der Waals surface area (Å²) in [4.78, 5) is 16.5. The van der Waals surface area contributed by atoms with Crippen molar-refractivity contribution < 1.29 is 4.79 Å². The van der Waals surface area contributed by atoms with Crippen molar-refractivity contribution in [2.24, 2.45) is 0 Å². The quantitative estimate of drug-likeness (QED) is 0.472. The van der Waals surface area contributed by atoms with E-state index in [2.05, 4.69) is 37.2 Å². The second-order valence-corrected chi connectivity index (χ2v) is 8.41. The summed E-state index contributed by atoms with van der Waals surface area (Å²) < 4.78 is 2.19. The molecule has 1 aliphatic heterocycles. The Morgan fingerprint density at radius 1 is 1.10 bits per heavy atom. The van der Waals surface area contributed by atoms with Crippen molar-refractivity contribution in [2.45, 2.75) is 44.7 Å². The fourth-order valence-corrected chi connectivity index (χ4v) is 4.60. The van der Waals surface area contributed by atoms with Crippen molar-refractivity contribution in [3.8, 4) is 0 Å². The molecule has 0 saturated carbocycles. The summed E-state index contributed by atoms with van der Waals surface area (Å²) in [6.07, 6.45) is 6.94. The van der Waals surface area contributed by atoms with Crippen LogP contribution in [0.25, 0.3) is 10.9 Å². The zero-order valence-corrected chi connectivity index (χ0v) is 17.9. The maximum atomic E-state index is 13.1. The number of carbonyl (C=O) groups is 1. The van der Waals surface area contributed by atoms with E-state index in [1.807, 2.05) is 30.5 Å². The van der Waals surface area contributed by atoms with Gasteiger partial charge in [-0.25, -0.2) is 0 Å². The van der Waals surface area contributed by atoms with Gasteiger partial charge in [0.05, 0.1) is 16.6 Å². The predicted molar refractivity (Wildman–Crippen MR) is 121 cm³/mol. The van der Waals surface area contributed by atoms with Crippen LogP contribution in [0.5, 0.6) is 0 Å². The fourth-order valence-electron chi connectivity index (χ4n) is 4.37. The molecule has 6 nitrogen and oxygen atoms in total. The summed E-state index contributed by atoms with van der Waals surface area (Å²) in [6, 6.07) is 15.0. The molecule has 0 spiro atoms. The minimum atomic E-state index is -0.317. The molecule has 5 rings (SSSR count). The summed E-state index contributed by atoms with van der Waals surface area (Å²) in [5, 5.41) is 13.8. The van der Waals surface area contributed by atoms with Gasteiger partial charge in [-0.05, 0) is 36.6 Å². The van der Waals surface area contributed by atoms with Crippen molar-refractivity contribution in [3.63, 3.8) is 0 Å². The molecule has 1 amide bonds. The third kappa shape index (κ3) is 3.95. The third-order valence-electron chi connectivity index (χ3n) is 5.97. The molecule has 2 aromatic carbocycles. The first-order chi connectivity index (χ1) is 15.2. The Morgan fingerprint density at radius 2 is 1.94 bits per heavy atom. The van der Waals surface area contributed by atoms with E-state index in [4.69, 9.17) is 11.6 Å². The van der Waals surface area contributed by atoms with Gasteiger partial charge in [-0.15, -0.1) is 10.2 Å². The van der Waals surface area contributed by atoms with E-state index in [1.54, 1.807) is 12.1 Å². The van der Waals surface area contributed by atoms with Crippen molar-refractivity contribution in [1.82, 2.24) is 25.1 Å². The van der Waals surface area contributed by atoms with Gasteiger partial charge in [-0.1, -0.05) is 48.4 Å². The van der Waals surface area contributed by atoms with Gasteiger partial charge in [0.2, 0.25) is 0 Å². The Hall–Kier alpha value is -3.12. The molecule has 0 aliphatic carbocycles.